The fourth-order valence-electron chi connectivity index (χ4n) is 2.01. The zero-order valence-corrected chi connectivity index (χ0v) is 11.8. The highest BCUT2D eigenvalue weighted by atomic mass is 16.5. The first-order valence-electron chi connectivity index (χ1n) is 7.01. The van der Waals surface area contributed by atoms with E-state index in [1.165, 1.54) is 0 Å². The Labute approximate surface area is 119 Å². The van der Waals surface area contributed by atoms with Crippen molar-refractivity contribution in [3.63, 3.8) is 0 Å². The molecule has 1 saturated heterocycles. The van der Waals surface area contributed by atoms with Gasteiger partial charge in [-0.1, -0.05) is 13.0 Å². The van der Waals surface area contributed by atoms with E-state index in [4.69, 9.17) is 10.5 Å². The topological polar surface area (TPSA) is 80.5 Å². The first kappa shape index (κ1) is 14.7. The lowest BCUT2D eigenvalue weighted by Gasteiger charge is -2.27. The molecule has 0 saturated carbocycles. The number of nitrogens with two attached hydrogens (primary N) is 1. The van der Waals surface area contributed by atoms with Crippen molar-refractivity contribution >= 4 is 11.7 Å². The van der Waals surface area contributed by atoms with Crippen molar-refractivity contribution in [2.45, 2.75) is 25.9 Å². The van der Waals surface area contributed by atoms with Gasteiger partial charge in [0.05, 0.1) is 19.3 Å². The summed E-state index contributed by atoms with van der Waals surface area (Å²) in [6.07, 6.45) is 2.43. The van der Waals surface area contributed by atoms with Gasteiger partial charge in [0.25, 0.3) is 0 Å². The summed E-state index contributed by atoms with van der Waals surface area (Å²) in [6.45, 7) is 5.58. The highest BCUT2D eigenvalue weighted by Crippen LogP contribution is 2.12. The van der Waals surface area contributed by atoms with Gasteiger partial charge < -0.3 is 20.7 Å². The Morgan fingerprint density at radius 1 is 1.50 bits per heavy atom. The van der Waals surface area contributed by atoms with Crippen LogP contribution in [0.2, 0.25) is 0 Å². The van der Waals surface area contributed by atoms with E-state index in [9.17, 15) is 4.79 Å². The quantitative estimate of drug-likeness (QED) is 0.808. The van der Waals surface area contributed by atoms with E-state index in [2.05, 4.69) is 15.2 Å². The maximum absolute atomic E-state index is 11.6. The second-order valence-corrected chi connectivity index (χ2v) is 4.86. The number of hydrogen-bond acceptors (Lipinski definition) is 5. The molecule has 1 fully saturated rings. The maximum Gasteiger partial charge on any atom is 0.237 e. The number of amides is 1. The smallest absolute Gasteiger partial charge is 0.237 e. The lowest BCUT2D eigenvalue weighted by molar-refractivity contribution is -0.122. The summed E-state index contributed by atoms with van der Waals surface area (Å²) in [5, 5.41) is 2.81. The molecule has 1 aliphatic rings. The molecule has 110 valence electrons. The molecule has 0 spiro atoms. The molecule has 2 heterocycles. The summed E-state index contributed by atoms with van der Waals surface area (Å²) in [6, 6.07) is 3.53. The second-order valence-electron chi connectivity index (χ2n) is 4.86. The Morgan fingerprint density at radius 2 is 2.25 bits per heavy atom. The molecule has 6 heteroatoms. The zero-order valence-electron chi connectivity index (χ0n) is 11.8. The maximum atomic E-state index is 11.6. The summed E-state index contributed by atoms with van der Waals surface area (Å²) in [7, 11) is 0. The number of pyridine rings is 1. The monoisotopic (exact) mass is 278 g/mol. The van der Waals surface area contributed by atoms with Crippen LogP contribution in [0.4, 0.5) is 5.82 Å². The number of ether oxygens (including phenoxy) is 1. The first-order valence-corrected chi connectivity index (χ1v) is 7.01. The molecule has 1 atom stereocenters. The van der Waals surface area contributed by atoms with Crippen LogP contribution in [0.3, 0.4) is 0 Å². The number of carbonyl (C=O) groups is 1. The lowest BCUT2D eigenvalue weighted by atomic mass is 10.2. The van der Waals surface area contributed by atoms with Gasteiger partial charge in [0.15, 0.2) is 0 Å². The van der Waals surface area contributed by atoms with E-state index in [0.29, 0.717) is 13.0 Å². The molecule has 0 radical (unpaired) electrons. The predicted molar refractivity (Wildman–Crippen MR) is 77.4 cm³/mol. The van der Waals surface area contributed by atoms with Crippen LogP contribution in [0.5, 0.6) is 0 Å². The number of aromatic nitrogens is 1. The lowest BCUT2D eigenvalue weighted by Crippen LogP contribution is -2.39. The molecule has 3 N–H and O–H groups in total. The van der Waals surface area contributed by atoms with Crippen molar-refractivity contribution in [3.05, 3.63) is 23.9 Å². The molecule has 0 unspecified atom stereocenters. The molecule has 6 nitrogen and oxygen atoms in total. The van der Waals surface area contributed by atoms with Gasteiger partial charge >= 0.3 is 0 Å². The first-order chi connectivity index (χ1) is 9.70. The molecule has 1 aliphatic heterocycles. The standard InChI is InChI=1S/C14H22N4O2/c1-2-12(15)14(19)17-10-11-3-4-13(16-9-11)18-5-7-20-8-6-18/h3-4,9,12H,2,5-8,10,15H2,1H3,(H,17,19)/t12-/m1/s1. The minimum Gasteiger partial charge on any atom is -0.378 e. The van der Waals surface area contributed by atoms with Gasteiger partial charge in [0.1, 0.15) is 5.82 Å². The number of carbonyl (C=O) groups excluding carboxylic acids is 1. The van der Waals surface area contributed by atoms with Crippen LogP contribution in [0.1, 0.15) is 18.9 Å². The average molecular weight is 278 g/mol. The van der Waals surface area contributed by atoms with Crippen molar-refractivity contribution in [2.75, 3.05) is 31.2 Å². The summed E-state index contributed by atoms with van der Waals surface area (Å²) in [5.74, 6) is 0.832. The fourth-order valence-corrected chi connectivity index (χ4v) is 2.01. The number of hydrogen-bond donors (Lipinski definition) is 2. The van der Waals surface area contributed by atoms with Gasteiger partial charge in [0.2, 0.25) is 5.91 Å². The van der Waals surface area contributed by atoms with Gasteiger partial charge in [0, 0.05) is 25.8 Å². The van der Waals surface area contributed by atoms with Crippen LogP contribution in [0.15, 0.2) is 18.3 Å². The van der Waals surface area contributed by atoms with E-state index in [1.807, 2.05) is 19.1 Å². The average Bonchev–Trinajstić information content (AvgIpc) is 2.53. The molecule has 2 rings (SSSR count). The van der Waals surface area contributed by atoms with Gasteiger partial charge in [-0.2, -0.15) is 0 Å². The molecular formula is C14H22N4O2. The minimum absolute atomic E-state index is 0.121. The number of nitrogens with zero attached hydrogens (tertiary/aromatic N) is 2. The van der Waals surface area contributed by atoms with Gasteiger partial charge in [-0.25, -0.2) is 4.98 Å². The Hall–Kier alpha value is -1.66. The largest absolute Gasteiger partial charge is 0.378 e. The third kappa shape index (κ3) is 3.91. The summed E-state index contributed by atoms with van der Waals surface area (Å²) >= 11 is 0. The highest BCUT2D eigenvalue weighted by molar-refractivity contribution is 5.81. The van der Waals surface area contributed by atoms with Crippen molar-refractivity contribution in [1.29, 1.82) is 0 Å². The van der Waals surface area contributed by atoms with Gasteiger partial charge in [-0.05, 0) is 18.1 Å². The summed E-state index contributed by atoms with van der Waals surface area (Å²) < 4.78 is 5.31. The molecule has 1 aromatic rings. The normalized spacial score (nSPS) is 16.8. The number of rotatable bonds is 5. The second kappa shape index (κ2) is 7.21. The zero-order chi connectivity index (χ0) is 14.4. The molecule has 1 aromatic heterocycles. The fraction of sp³-hybridized carbons (Fsp3) is 0.571. The third-order valence-corrected chi connectivity index (χ3v) is 3.39. The Kier molecular flexibility index (Phi) is 5.31. The van der Waals surface area contributed by atoms with Crippen molar-refractivity contribution in [3.8, 4) is 0 Å². The van der Waals surface area contributed by atoms with Crippen molar-refractivity contribution < 1.29 is 9.53 Å². The van der Waals surface area contributed by atoms with E-state index < -0.39 is 6.04 Å². The molecule has 1 amide bonds. The van der Waals surface area contributed by atoms with E-state index >= 15 is 0 Å². The Morgan fingerprint density at radius 3 is 2.85 bits per heavy atom. The number of anilines is 1. The molecule has 0 bridgehead atoms. The van der Waals surface area contributed by atoms with Crippen molar-refractivity contribution in [2.24, 2.45) is 5.73 Å². The SMILES string of the molecule is CC[C@@H](N)C(=O)NCc1ccc(N2CCOCC2)nc1. The van der Waals surface area contributed by atoms with Crippen LogP contribution in [0.25, 0.3) is 0 Å². The molecule has 0 aliphatic carbocycles. The van der Waals surface area contributed by atoms with Crippen LogP contribution >= 0.6 is 0 Å². The number of nitrogens with one attached hydrogen (secondary N) is 1. The predicted octanol–water partition coefficient (Wildman–Crippen LogP) is 0.272. The molecular weight excluding hydrogens is 256 g/mol. The minimum atomic E-state index is -0.435. The summed E-state index contributed by atoms with van der Waals surface area (Å²) in [4.78, 5) is 18.2. The Bertz CT molecular complexity index is 429. The van der Waals surface area contributed by atoms with Crippen LogP contribution in [0, 0.1) is 0 Å². The molecule has 20 heavy (non-hydrogen) atoms. The van der Waals surface area contributed by atoms with E-state index in [1.54, 1.807) is 6.20 Å². The highest BCUT2D eigenvalue weighted by Gasteiger charge is 2.13. The van der Waals surface area contributed by atoms with Crippen LogP contribution in [-0.4, -0.2) is 43.2 Å². The van der Waals surface area contributed by atoms with E-state index in [0.717, 1.165) is 37.7 Å². The van der Waals surface area contributed by atoms with Gasteiger partial charge in [-0.15, -0.1) is 0 Å². The molecule has 0 aromatic carbocycles. The van der Waals surface area contributed by atoms with Crippen molar-refractivity contribution in [1.82, 2.24) is 10.3 Å². The van der Waals surface area contributed by atoms with E-state index in [-0.39, 0.29) is 5.91 Å². The Balaban J connectivity index is 1.86. The summed E-state index contributed by atoms with van der Waals surface area (Å²) in [5.41, 5.74) is 6.63. The van der Waals surface area contributed by atoms with Crippen LogP contribution in [-0.2, 0) is 16.1 Å². The van der Waals surface area contributed by atoms with Crippen LogP contribution < -0.4 is 16.0 Å². The van der Waals surface area contributed by atoms with Gasteiger partial charge in [-0.3, -0.25) is 4.79 Å². The number of morpholine rings is 1. The third-order valence-electron chi connectivity index (χ3n) is 3.39.